The van der Waals surface area contributed by atoms with Gasteiger partial charge in [-0.15, -0.1) is 24.8 Å². The van der Waals surface area contributed by atoms with E-state index < -0.39 is 0 Å². The van der Waals surface area contributed by atoms with Gasteiger partial charge < -0.3 is 20.8 Å². The molecule has 2 unspecified atom stereocenters. The normalized spacial score (nSPS) is 17.2. The summed E-state index contributed by atoms with van der Waals surface area (Å²) in [5, 5.41) is 1.58. The lowest BCUT2D eigenvalue weighted by Crippen LogP contribution is -2.49. The topological polar surface area (TPSA) is 76.0 Å². The molecule has 4 aromatic rings. The Kier molecular flexibility index (Phi) is 17.7. The Morgan fingerprint density at radius 1 is 0.426 bits per heavy atom. The van der Waals surface area contributed by atoms with Crippen molar-refractivity contribution in [1.29, 1.82) is 0 Å². The van der Waals surface area contributed by atoms with Gasteiger partial charge in [-0.1, -0.05) is 108 Å². The Hall–Kier alpha value is -2.20. The van der Waals surface area contributed by atoms with Gasteiger partial charge in [0.25, 0.3) is 0 Å². The summed E-state index contributed by atoms with van der Waals surface area (Å²) in [6, 6.07) is 39.1. The maximum Gasteiger partial charge on any atom is 0.0602 e. The van der Waals surface area contributed by atoms with Gasteiger partial charge in [-0.05, 0) is 66.0 Å². The third kappa shape index (κ3) is 10.9. The first kappa shape index (κ1) is 41.0. The summed E-state index contributed by atoms with van der Waals surface area (Å²) < 4.78 is 0. The van der Waals surface area contributed by atoms with Crippen molar-refractivity contribution >= 4 is 48.0 Å². The monoisotopic (exact) mass is 720 g/mol. The lowest BCUT2D eigenvalue weighted by Gasteiger charge is -2.41. The van der Waals surface area contributed by atoms with Crippen LogP contribution >= 0.6 is 48.0 Å². The Morgan fingerprint density at radius 2 is 0.723 bits per heavy atom. The molecule has 2 aliphatic rings. The van der Waals surface area contributed by atoms with Gasteiger partial charge in [-0.2, -0.15) is 0 Å². The molecular weight excluding hydrogens is 674 g/mol. The number of hydrogen-bond acceptors (Lipinski definition) is 4. The van der Waals surface area contributed by atoms with Crippen molar-refractivity contribution in [3.05, 3.63) is 141 Å². The van der Waals surface area contributed by atoms with E-state index in [1.165, 1.54) is 41.8 Å². The third-order valence-corrected chi connectivity index (χ3v) is 9.60. The van der Waals surface area contributed by atoms with Gasteiger partial charge in [-0.25, -0.2) is 0 Å². The summed E-state index contributed by atoms with van der Waals surface area (Å²) in [6.07, 6.45) is 1.22. The van der Waals surface area contributed by atoms with Gasteiger partial charge in [0.2, 0.25) is 0 Å². The second-order valence-corrected chi connectivity index (χ2v) is 12.7. The number of nitrogens with zero attached hydrogens (tertiary/aromatic N) is 4. The van der Waals surface area contributed by atoms with Gasteiger partial charge >= 0.3 is 0 Å². The molecule has 0 spiro atoms. The highest BCUT2D eigenvalue weighted by atomic mass is 35.5. The number of piperazine rings is 2. The van der Waals surface area contributed by atoms with E-state index in [4.69, 9.17) is 23.2 Å². The highest BCUT2D eigenvalue weighted by Gasteiger charge is 2.28. The molecule has 6 rings (SSSR count). The Morgan fingerprint density at radius 3 is 1.04 bits per heavy atom. The van der Waals surface area contributed by atoms with Crippen LogP contribution < -0.4 is 0 Å². The summed E-state index contributed by atoms with van der Waals surface area (Å²) in [5.41, 5.74) is 5.33. The summed E-state index contributed by atoms with van der Waals surface area (Å²) in [7, 11) is 0. The van der Waals surface area contributed by atoms with Crippen LogP contribution in [0.2, 0.25) is 10.0 Å². The van der Waals surface area contributed by atoms with Crippen molar-refractivity contribution in [2.24, 2.45) is 0 Å². The van der Waals surface area contributed by atoms with Gasteiger partial charge in [-0.3, -0.25) is 9.80 Å². The minimum absolute atomic E-state index is 0. The molecule has 2 aliphatic heterocycles. The van der Waals surface area contributed by atoms with Crippen molar-refractivity contribution in [2.75, 3.05) is 65.4 Å². The first-order valence-electron chi connectivity index (χ1n) is 15.7. The predicted molar refractivity (Wildman–Crippen MR) is 202 cm³/mol. The van der Waals surface area contributed by atoms with Crippen LogP contribution in [0.1, 0.15) is 40.8 Å². The average molecular weight is 723 g/mol. The largest absolute Gasteiger partial charge is 0.412 e. The number of hydrogen-bond donors (Lipinski definition) is 0. The molecule has 0 amide bonds. The first-order chi connectivity index (χ1) is 21.1. The molecule has 6 nitrogen and oxygen atoms in total. The van der Waals surface area contributed by atoms with Crippen LogP contribution in [0.4, 0.5) is 0 Å². The highest BCUT2D eigenvalue weighted by molar-refractivity contribution is 6.30. The minimum atomic E-state index is 0. The van der Waals surface area contributed by atoms with Gasteiger partial charge in [0.1, 0.15) is 0 Å². The van der Waals surface area contributed by atoms with E-state index in [9.17, 15) is 0 Å². The molecule has 2 fully saturated rings. The Balaban J connectivity index is 0.00000192. The van der Waals surface area contributed by atoms with E-state index in [2.05, 4.69) is 105 Å². The summed E-state index contributed by atoms with van der Waals surface area (Å²) in [6.45, 7) is 11.1. The smallest absolute Gasteiger partial charge is 0.0602 e. The lowest BCUT2D eigenvalue weighted by atomic mass is 9.96. The fourth-order valence-corrected chi connectivity index (χ4v) is 7.05. The molecule has 0 saturated carbocycles. The number of benzene rings is 4. The summed E-state index contributed by atoms with van der Waals surface area (Å²) in [4.78, 5) is 10.6. The number of rotatable bonds is 10. The maximum atomic E-state index is 6.22. The fraction of sp³-hybridized carbons (Fsp3) is 0.351. The Labute approximate surface area is 302 Å². The zero-order valence-corrected chi connectivity index (χ0v) is 29.8. The molecule has 0 radical (unpaired) electrons. The predicted octanol–water partition coefficient (Wildman–Crippen LogP) is 6.69. The van der Waals surface area contributed by atoms with Crippen LogP contribution in [0.25, 0.3) is 0 Å². The SMILES string of the molecule is Cl.Cl.Clc1ccc(C(c2ccccc2)N2CCN(CCCN3CCN(C(c4ccccc4)c4ccc(Cl)cc4)CC3)CC2)cc1.O.O. The molecule has 4 N–H and O–H groups in total. The molecule has 2 saturated heterocycles. The van der Waals surface area contributed by atoms with Crippen LogP contribution in [0.5, 0.6) is 0 Å². The molecule has 0 bridgehead atoms. The van der Waals surface area contributed by atoms with E-state index in [1.54, 1.807) is 0 Å². The molecule has 47 heavy (non-hydrogen) atoms. The van der Waals surface area contributed by atoms with Crippen molar-refractivity contribution < 1.29 is 11.0 Å². The molecule has 2 atom stereocenters. The zero-order chi connectivity index (χ0) is 29.4. The summed E-state index contributed by atoms with van der Waals surface area (Å²) in [5.74, 6) is 0. The van der Waals surface area contributed by atoms with E-state index in [-0.39, 0.29) is 47.9 Å². The van der Waals surface area contributed by atoms with Crippen molar-refractivity contribution in [1.82, 2.24) is 19.6 Å². The Bertz CT molecular complexity index is 1290. The van der Waals surface area contributed by atoms with Gasteiger partial charge in [0, 0.05) is 62.4 Å². The quantitative estimate of drug-likeness (QED) is 0.183. The molecule has 0 aromatic heterocycles. The molecule has 0 aliphatic carbocycles. The van der Waals surface area contributed by atoms with Crippen LogP contribution in [-0.4, -0.2) is 96.0 Å². The van der Waals surface area contributed by atoms with Crippen LogP contribution in [0, 0.1) is 0 Å². The van der Waals surface area contributed by atoms with E-state index in [0.29, 0.717) is 0 Å². The molecule has 256 valence electrons. The van der Waals surface area contributed by atoms with Crippen molar-refractivity contribution in [2.45, 2.75) is 18.5 Å². The maximum absolute atomic E-state index is 6.22. The van der Waals surface area contributed by atoms with Crippen LogP contribution in [-0.2, 0) is 0 Å². The fourth-order valence-electron chi connectivity index (χ4n) is 6.80. The molecule has 10 heteroatoms. The second-order valence-electron chi connectivity index (χ2n) is 11.8. The standard InChI is InChI=1S/C37H42Cl2N4.2ClH.2H2O/c38-34-16-12-32(13-17-34)36(30-8-3-1-4-9-30)42-26-22-40(23-27-42)20-7-21-41-24-28-43(29-25-41)37(31-10-5-2-6-11-31)33-14-18-35(39)19-15-33;;;;/h1-6,8-19,36-37H,7,20-29H2;2*1H;2*1H2. The summed E-state index contributed by atoms with van der Waals surface area (Å²) >= 11 is 12.4. The van der Waals surface area contributed by atoms with E-state index in [0.717, 1.165) is 62.4 Å². The number of halogens is 4. The van der Waals surface area contributed by atoms with Gasteiger partial charge in [0.15, 0.2) is 0 Å². The van der Waals surface area contributed by atoms with E-state index >= 15 is 0 Å². The lowest BCUT2D eigenvalue weighted by molar-refractivity contribution is 0.0908. The first-order valence-corrected chi connectivity index (χ1v) is 16.4. The molecule has 4 aromatic carbocycles. The van der Waals surface area contributed by atoms with Crippen LogP contribution in [0.3, 0.4) is 0 Å². The van der Waals surface area contributed by atoms with E-state index in [1.807, 2.05) is 24.3 Å². The molecule has 2 heterocycles. The molecular formula is C37H48Cl4N4O2. The zero-order valence-electron chi connectivity index (χ0n) is 26.7. The third-order valence-electron chi connectivity index (χ3n) is 9.09. The minimum Gasteiger partial charge on any atom is -0.412 e. The highest BCUT2D eigenvalue weighted by Crippen LogP contribution is 2.32. The van der Waals surface area contributed by atoms with Crippen molar-refractivity contribution in [3.63, 3.8) is 0 Å². The van der Waals surface area contributed by atoms with Crippen molar-refractivity contribution in [3.8, 4) is 0 Å². The van der Waals surface area contributed by atoms with Crippen LogP contribution in [0.15, 0.2) is 109 Å². The average Bonchev–Trinajstić information content (AvgIpc) is 3.06. The second kappa shape index (κ2) is 20.3. The van der Waals surface area contributed by atoms with Gasteiger partial charge in [0.05, 0.1) is 12.1 Å².